The Labute approximate surface area is 76.1 Å². The first-order valence-electron chi connectivity index (χ1n) is 3.89. The van der Waals surface area contributed by atoms with Crippen molar-refractivity contribution in [3.63, 3.8) is 0 Å². The van der Waals surface area contributed by atoms with Crippen molar-refractivity contribution >= 4 is 5.91 Å². The summed E-state index contributed by atoms with van der Waals surface area (Å²) in [5.74, 6) is 4.66. The highest BCUT2D eigenvalue weighted by Crippen LogP contribution is 2.11. The normalized spacial score (nSPS) is 12.2. The molecular weight excluding hydrogens is 168 g/mol. The Bertz CT molecular complexity index is 275. The van der Waals surface area contributed by atoms with E-state index in [0.29, 0.717) is 0 Å². The van der Waals surface area contributed by atoms with Gasteiger partial charge < -0.3 is 5.73 Å². The van der Waals surface area contributed by atoms with Crippen LogP contribution in [-0.2, 0) is 4.79 Å². The number of rotatable bonds is 3. The van der Waals surface area contributed by atoms with Crippen LogP contribution in [0.1, 0.15) is 18.0 Å². The zero-order valence-corrected chi connectivity index (χ0v) is 7.10. The van der Waals surface area contributed by atoms with E-state index in [2.05, 4.69) is 4.98 Å². The molecule has 1 unspecified atom stereocenters. The van der Waals surface area contributed by atoms with Gasteiger partial charge in [0.1, 0.15) is 0 Å². The molecule has 0 radical (unpaired) electrons. The molecule has 1 atom stereocenters. The summed E-state index contributed by atoms with van der Waals surface area (Å²) >= 11 is 0. The van der Waals surface area contributed by atoms with Gasteiger partial charge in [0.05, 0.1) is 0 Å². The summed E-state index contributed by atoms with van der Waals surface area (Å²) in [5, 5.41) is 0. The molecule has 0 aliphatic rings. The second-order valence-electron chi connectivity index (χ2n) is 2.66. The molecule has 1 amide bonds. The third-order valence-corrected chi connectivity index (χ3v) is 1.70. The number of amides is 1. The minimum absolute atomic E-state index is 0.181. The topological polar surface area (TPSA) is 94.0 Å². The number of aromatic nitrogens is 1. The summed E-state index contributed by atoms with van der Waals surface area (Å²) < 4.78 is 0. The zero-order chi connectivity index (χ0) is 9.68. The molecule has 0 aliphatic heterocycles. The van der Waals surface area contributed by atoms with Crippen LogP contribution in [0.15, 0.2) is 24.5 Å². The van der Waals surface area contributed by atoms with Crippen LogP contribution in [0.3, 0.4) is 0 Å². The summed E-state index contributed by atoms with van der Waals surface area (Å²) in [7, 11) is 0. The molecular formula is C8H12N4O. The van der Waals surface area contributed by atoms with E-state index in [9.17, 15) is 4.79 Å². The molecule has 0 bridgehead atoms. The summed E-state index contributed by atoms with van der Waals surface area (Å²) in [6.45, 7) is 0. The summed E-state index contributed by atoms with van der Waals surface area (Å²) in [5.41, 5.74) is 8.63. The van der Waals surface area contributed by atoms with Gasteiger partial charge in [-0.15, -0.1) is 0 Å². The number of carbonyl (C=O) groups is 1. The predicted molar refractivity (Wildman–Crippen MR) is 48.1 cm³/mol. The van der Waals surface area contributed by atoms with E-state index >= 15 is 0 Å². The molecule has 5 heteroatoms. The highest BCUT2D eigenvalue weighted by molar-refractivity contribution is 5.76. The number of pyridine rings is 1. The van der Waals surface area contributed by atoms with Crippen molar-refractivity contribution in [2.24, 2.45) is 11.6 Å². The highest BCUT2D eigenvalue weighted by Gasteiger charge is 2.09. The first-order valence-corrected chi connectivity index (χ1v) is 3.89. The van der Waals surface area contributed by atoms with Crippen LogP contribution >= 0.6 is 0 Å². The SMILES string of the molecule is NNC(=O)CC(N)c1ccncc1. The predicted octanol–water partition coefficient (Wildman–Crippen LogP) is -0.539. The standard InChI is InChI=1S/C8H12N4O/c9-7(5-8(13)12-10)6-1-3-11-4-2-6/h1-4,7H,5,9-10H2,(H,12,13). The van der Waals surface area contributed by atoms with Crippen LogP contribution in [0.5, 0.6) is 0 Å². The molecule has 0 spiro atoms. The number of hydrogen-bond donors (Lipinski definition) is 3. The van der Waals surface area contributed by atoms with Gasteiger partial charge in [-0.25, -0.2) is 5.84 Å². The molecule has 5 nitrogen and oxygen atoms in total. The smallest absolute Gasteiger partial charge is 0.235 e. The lowest BCUT2D eigenvalue weighted by atomic mass is 10.1. The van der Waals surface area contributed by atoms with Crippen molar-refractivity contribution in [3.05, 3.63) is 30.1 Å². The van der Waals surface area contributed by atoms with E-state index < -0.39 is 0 Å². The average molecular weight is 180 g/mol. The molecule has 1 rings (SSSR count). The van der Waals surface area contributed by atoms with Crippen LogP contribution in [0.25, 0.3) is 0 Å². The molecule has 0 fully saturated rings. The van der Waals surface area contributed by atoms with Crippen LogP contribution in [0, 0.1) is 0 Å². The molecule has 0 saturated carbocycles. The molecule has 13 heavy (non-hydrogen) atoms. The van der Waals surface area contributed by atoms with Crippen LogP contribution < -0.4 is 17.0 Å². The molecule has 5 N–H and O–H groups in total. The molecule has 1 aromatic heterocycles. The Balaban J connectivity index is 2.59. The maximum Gasteiger partial charge on any atom is 0.235 e. The summed E-state index contributed by atoms with van der Waals surface area (Å²) in [6.07, 6.45) is 3.45. The van der Waals surface area contributed by atoms with Gasteiger partial charge >= 0.3 is 0 Å². The van der Waals surface area contributed by atoms with Gasteiger partial charge in [0.15, 0.2) is 0 Å². The van der Waals surface area contributed by atoms with Crippen LogP contribution in [0.2, 0.25) is 0 Å². The van der Waals surface area contributed by atoms with Crippen molar-refractivity contribution < 1.29 is 4.79 Å². The van der Waals surface area contributed by atoms with Gasteiger partial charge in [0.25, 0.3) is 0 Å². The lowest BCUT2D eigenvalue weighted by molar-refractivity contribution is -0.121. The molecule has 1 aromatic rings. The zero-order valence-electron chi connectivity index (χ0n) is 7.10. The van der Waals surface area contributed by atoms with E-state index in [1.807, 2.05) is 5.43 Å². The molecule has 1 heterocycles. The maximum absolute atomic E-state index is 10.9. The van der Waals surface area contributed by atoms with Gasteiger partial charge in [-0.2, -0.15) is 0 Å². The van der Waals surface area contributed by atoms with E-state index in [0.717, 1.165) is 5.56 Å². The molecule has 0 aliphatic carbocycles. The third-order valence-electron chi connectivity index (χ3n) is 1.70. The third kappa shape index (κ3) is 2.81. The second-order valence-corrected chi connectivity index (χ2v) is 2.66. The fourth-order valence-corrected chi connectivity index (χ4v) is 0.987. The monoisotopic (exact) mass is 180 g/mol. The van der Waals surface area contributed by atoms with Crippen LogP contribution in [0.4, 0.5) is 0 Å². The van der Waals surface area contributed by atoms with Gasteiger partial charge in [-0.1, -0.05) is 0 Å². The largest absolute Gasteiger partial charge is 0.324 e. The van der Waals surface area contributed by atoms with Crippen LogP contribution in [-0.4, -0.2) is 10.9 Å². The van der Waals surface area contributed by atoms with Gasteiger partial charge in [-0.3, -0.25) is 15.2 Å². The number of carbonyl (C=O) groups excluding carboxylic acids is 1. The average Bonchev–Trinajstić information content (AvgIpc) is 2.19. The first kappa shape index (κ1) is 9.63. The fourth-order valence-electron chi connectivity index (χ4n) is 0.987. The van der Waals surface area contributed by atoms with Crippen molar-refractivity contribution in [2.45, 2.75) is 12.5 Å². The van der Waals surface area contributed by atoms with Crippen molar-refractivity contribution in [1.82, 2.24) is 10.4 Å². The lowest BCUT2D eigenvalue weighted by Gasteiger charge is -2.09. The Morgan fingerprint density at radius 1 is 1.54 bits per heavy atom. The Kier molecular flexibility index (Phi) is 3.36. The number of hydrogen-bond acceptors (Lipinski definition) is 4. The Morgan fingerprint density at radius 2 is 2.15 bits per heavy atom. The fraction of sp³-hybridized carbons (Fsp3) is 0.250. The quantitative estimate of drug-likeness (QED) is 0.331. The summed E-state index contributed by atoms with van der Waals surface area (Å²) in [4.78, 5) is 14.7. The van der Waals surface area contributed by atoms with E-state index in [-0.39, 0.29) is 18.4 Å². The number of nitrogens with two attached hydrogens (primary N) is 2. The number of nitrogens with zero attached hydrogens (tertiary/aromatic N) is 1. The van der Waals surface area contributed by atoms with Gasteiger partial charge in [0, 0.05) is 24.9 Å². The molecule has 0 aromatic carbocycles. The maximum atomic E-state index is 10.9. The van der Waals surface area contributed by atoms with Crippen molar-refractivity contribution in [1.29, 1.82) is 0 Å². The van der Waals surface area contributed by atoms with Gasteiger partial charge in [0.2, 0.25) is 5.91 Å². The lowest BCUT2D eigenvalue weighted by Crippen LogP contribution is -2.32. The van der Waals surface area contributed by atoms with Crippen molar-refractivity contribution in [3.8, 4) is 0 Å². The highest BCUT2D eigenvalue weighted by atomic mass is 16.2. The second kappa shape index (κ2) is 4.54. The minimum Gasteiger partial charge on any atom is -0.324 e. The van der Waals surface area contributed by atoms with E-state index in [1.54, 1.807) is 24.5 Å². The summed E-state index contributed by atoms with van der Waals surface area (Å²) in [6, 6.07) is 3.22. The Morgan fingerprint density at radius 3 is 2.69 bits per heavy atom. The minimum atomic E-state index is -0.327. The first-order chi connectivity index (χ1) is 6.24. The van der Waals surface area contributed by atoms with Gasteiger partial charge in [-0.05, 0) is 17.7 Å². The van der Waals surface area contributed by atoms with Crippen molar-refractivity contribution in [2.75, 3.05) is 0 Å². The molecule has 0 saturated heterocycles. The number of nitrogens with one attached hydrogen (secondary N) is 1. The number of hydrazine groups is 1. The molecule has 70 valence electrons. The Hall–Kier alpha value is -1.46. The van der Waals surface area contributed by atoms with E-state index in [1.165, 1.54) is 0 Å². The van der Waals surface area contributed by atoms with E-state index in [4.69, 9.17) is 11.6 Å².